The van der Waals surface area contributed by atoms with Crippen molar-refractivity contribution in [3.63, 3.8) is 0 Å². The first kappa shape index (κ1) is 15.8. The van der Waals surface area contributed by atoms with Gasteiger partial charge in [-0.1, -0.05) is 23.2 Å². The molecule has 9 heteroatoms. The highest BCUT2D eigenvalue weighted by Crippen LogP contribution is 2.27. The summed E-state index contributed by atoms with van der Waals surface area (Å²) in [4.78, 5) is 3.71. The molecule has 2 aromatic rings. The summed E-state index contributed by atoms with van der Waals surface area (Å²) in [5.41, 5.74) is -0.0644. The first-order valence-electron chi connectivity index (χ1n) is 5.64. The van der Waals surface area contributed by atoms with Crippen LogP contribution >= 0.6 is 23.2 Å². The third kappa shape index (κ3) is 3.55. The maximum atomic E-state index is 13.2. The molecule has 0 saturated carbocycles. The zero-order chi connectivity index (χ0) is 15.6. The molecule has 0 bridgehead atoms. The monoisotopic (exact) mass is 349 g/mol. The number of rotatable bonds is 4. The van der Waals surface area contributed by atoms with Gasteiger partial charge in [-0.3, -0.25) is 4.72 Å². The van der Waals surface area contributed by atoms with Gasteiger partial charge >= 0.3 is 0 Å². The number of benzene rings is 1. The lowest BCUT2D eigenvalue weighted by Crippen LogP contribution is -2.14. The smallest absolute Gasteiger partial charge is 0.263 e. The van der Waals surface area contributed by atoms with Gasteiger partial charge in [-0.05, 0) is 24.3 Å². The number of aromatic nitrogens is 1. The number of sulfonamides is 1. The van der Waals surface area contributed by atoms with Crippen LogP contribution in [0.2, 0.25) is 10.0 Å². The summed E-state index contributed by atoms with van der Waals surface area (Å²) in [5.74, 6) is -0.266. The van der Waals surface area contributed by atoms with E-state index >= 15 is 0 Å². The van der Waals surface area contributed by atoms with E-state index in [0.29, 0.717) is 5.82 Å². The van der Waals surface area contributed by atoms with Gasteiger partial charge in [0.15, 0.2) is 0 Å². The van der Waals surface area contributed by atoms with Crippen LogP contribution in [0.25, 0.3) is 0 Å². The summed E-state index contributed by atoms with van der Waals surface area (Å²) in [6.45, 7) is 0. The van der Waals surface area contributed by atoms with Crippen LogP contribution in [-0.4, -0.2) is 20.4 Å². The van der Waals surface area contributed by atoms with Crippen molar-refractivity contribution < 1.29 is 12.8 Å². The fraction of sp³-hybridized carbons (Fsp3) is 0.0833. The summed E-state index contributed by atoms with van der Waals surface area (Å²) in [6.07, 6.45) is 1.13. The Hall–Kier alpha value is -1.57. The lowest BCUT2D eigenvalue weighted by molar-refractivity contribution is 0.600. The van der Waals surface area contributed by atoms with E-state index in [1.54, 1.807) is 7.05 Å². The van der Waals surface area contributed by atoms with Crippen LogP contribution in [0, 0.1) is 5.82 Å². The van der Waals surface area contributed by atoms with Crippen molar-refractivity contribution in [2.75, 3.05) is 17.1 Å². The molecule has 2 N–H and O–H groups in total. The first-order chi connectivity index (χ1) is 9.83. The van der Waals surface area contributed by atoms with Crippen molar-refractivity contribution in [2.24, 2.45) is 0 Å². The normalized spacial score (nSPS) is 11.2. The lowest BCUT2D eigenvalue weighted by atomic mass is 10.3. The zero-order valence-corrected chi connectivity index (χ0v) is 13.0. The largest absolute Gasteiger partial charge is 0.372 e. The van der Waals surface area contributed by atoms with Gasteiger partial charge in [-0.15, -0.1) is 0 Å². The molecular weight excluding hydrogens is 340 g/mol. The molecule has 0 aliphatic rings. The molecule has 1 aromatic carbocycles. The summed E-state index contributed by atoms with van der Waals surface area (Å²) in [7, 11) is -2.37. The van der Waals surface area contributed by atoms with Crippen LogP contribution in [0.1, 0.15) is 0 Å². The van der Waals surface area contributed by atoms with Crippen molar-refractivity contribution in [1.82, 2.24) is 4.98 Å². The minimum atomic E-state index is -3.98. The number of hydrogen-bond acceptors (Lipinski definition) is 4. The highest BCUT2D eigenvalue weighted by Gasteiger charge is 2.18. The van der Waals surface area contributed by atoms with Crippen LogP contribution in [0.15, 0.2) is 35.4 Å². The standard InChI is InChI=1S/C12H10Cl2FN3O2S/c1-16-12-10(14)5-8(6-17-12)21(19,20)18-11-4-7(15)2-3-9(11)13/h2-6,18H,1H3,(H,16,17). The summed E-state index contributed by atoms with van der Waals surface area (Å²) >= 11 is 11.7. The number of hydrogen-bond donors (Lipinski definition) is 2. The van der Waals surface area contributed by atoms with E-state index in [9.17, 15) is 12.8 Å². The Balaban J connectivity index is 2.38. The van der Waals surface area contributed by atoms with E-state index in [4.69, 9.17) is 23.2 Å². The molecule has 0 aliphatic carbocycles. The van der Waals surface area contributed by atoms with Gasteiger partial charge in [0.25, 0.3) is 10.0 Å². The van der Waals surface area contributed by atoms with Gasteiger partial charge in [0.1, 0.15) is 16.5 Å². The Morgan fingerprint density at radius 1 is 1.19 bits per heavy atom. The second-order valence-corrected chi connectivity index (χ2v) is 6.48. The third-order valence-electron chi connectivity index (χ3n) is 2.54. The Morgan fingerprint density at radius 3 is 2.52 bits per heavy atom. The van der Waals surface area contributed by atoms with E-state index < -0.39 is 15.8 Å². The van der Waals surface area contributed by atoms with E-state index in [2.05, 4.69) is 15.0 Å². The van der Waals surface area contributed by atoms with Gasteiger partial charge < -0.3 is 5.32 Å². The molecule has 1 aromatic heterocycles. The Labute approximate surface area is 131 Å². The number of nitrogens with zero attached hydrogens (tertiary/aromatic N) is 1. The van der Waals surface area contributed by atoms with Crippen molar-refractivity contribution in [3.8, 4) is 0 Å². The highest BCUT2D eigenvalue weighted by molar-refractivity contribution is 7.92. The fourth-order valence-electron chi connectivity index (χ4n) is 1.53. The predicted octanol–water partition coefficient (Wildman–Crippen LogP) is 3.37. The number of halogens is 3. The minimum absolute atomic E-state index is 0.0644. The highest BCUT2D eigenvalue weighted by atomic mass is 35.5. The van der Waals surface area contributed by atoms with Gasteiger partial charge in [0.2, 0.25) is 0 Å². The van der Waals surface area contributed by atoms with Crippen molar-refractivity contribution in [2.45, 2.75) is 4.90 Å². The molecule has 0 spiro atoms. The van der Waals surface area contributed by atoms with Crippen LogP contribution in [0.5, 0.6) is 0 Å². The molecule has 112 valence electrons. The molecule has 2 rings (SSSR count). The quantitative estimate of drug-likeness (QED) is 0.887. The molecule has 0 unspecified atom stereocenters. The lowest BCUT2D eigenvalue weighted by Gasteiger charge is -2.10. The zero-order valence-electron chi connectivity index (χ0n) is 10.7. The van der Waals surface area contributed by atoms with E-state index in [-0.39, 0.29) is 20.6 Å². The minimum Gasteiger partial charge on any atom is -0.372 e. The van der Waals surface area contributed by atoms with Crippen molar-refractivity contribution in [3.05, 3.63) is 46.3 Å². The molecule has 5 nitrogen and oxygen atoms in total. The second-order valence-electron chi connectivity index (χ2n) is 3.98. The summed E-state index contributed by atoms with van der Waals surface area (Å²) < 4.78 is 39.8. The summed E-state index contributed by atoms with van der Waals surface area (Å²) in [5, 5.41) is 2.93. The predicted molar refractivity (Wildman–Crippen MR) is 81.0 cm³/mol. The summed E-state index contributed by atoms with van der Waals surface area (Å²) in [6, 6.07) is 4.59. The Kier molecular flexibility index (Phi) is 4.55. The molecule has 0 atom stereocenters. The number of pyridine rings is 1. The van der Waals surface area contributed by atoms with Crippen LogP contribution in [0.4, 0.5) is 15.9 Å². The second kappa shape index (κ2) is 6.05. The topological polar surface area (TPSA) is 71.1 Å². The first-order valence-corrected chi connectivity index (χ1v) is 7.88. The Bertz CT molecular complexity index is 784. The van der Waals surface area contributed by atoms with Gasteiger partial charge in [0.05, 0.1) is 15.7 Å². The van der Waals surface area contributed by atoms with Gasteiger partial charge in [-0.2, -0.15) is 0 Å². The molecule has 1 heterocycles. The van der Waals surface area contributed by atoms with Crippen LogP contribution in [0.3, 0.4) is 0 Å². The fourth-order valence-corrected chi connectivity index (χ4v) is 3.12. The van der Waals surface area contributed by atoms with Crippen molar-refractivity contribution >= 4 is 44.7 Å². The molecule has 21 heavy (non-hydrogen) atoms. The average Bonchev–Trinajstić information content (AvgIpc) is 2.42. The molecule has 0 aliphatic heterocycles. The molecule has 0 amide bonds. The Morgan fingerprint density at radius 2 is 1.90 bits per heavy atom. The number of nitrogens with one attached hydrogen (secondary N) is 2. The van der Waals surface area contributed by atoms with Crippen LogP contribution < -0.4 is 10.0 Å². The SMILES string of the molecule is CNc1ncc(S(=O)(=O)Nc2cc(F)ccc2Cl)cc1Cl. The van der Waals surface area contributed by atoms with Gasteiger partial charge in [-0.25, -0.2) is 17.8 Å². The van der Waals surface area contributed by atoms with Crippen molar-refractivity contribution in [1.29, 1.82) is 0 Å². The maximum absolute atomic E-state index is 13.2. The van der Waals surface area contributed by atoms with Gasteiger partial charge in [0, 0.05) is 13.2 Å². The van der Waals surface area contributed by atoms with E-state index in [1.807, 2.05) is 0 Å². The average molecular weight is 350 g/mol. The molecule has 0 radical (unpaired) electrons. The van der Waals surface area contributed by atoms with E-state index in [1.165, 1.54) is 12.1 Å². The maximum Gasteiger partial charge on any atom is 0.263 e. The molecule has 0 fully saturated rings. The van der Waals surface area contributed by atoms with E-state index in [0.717, 1.165) is 18.3 Å². The molecule has 0 saturated heterocycles. The third-order valence-corrected chi connectivity index (χ3v) is 4.49. The van der Waals surface area contributed by atoms with Crippen LogP contribution in [-0.2, 0) is 10.0 Å². The number of anilines is 2. The molecular formula is C12H10Cl2FN3O2S.